The average molecular weight is 484 g/mol. The van der Waals surface area contributed by atoms with E-state index < -0.39 is 5.60 Å². The van der Waals surface area contributed by atoms with Crippen molar-refractivity contribution < 1.29 is 5.11 Å². The van der Waals surface area contributed by atoms with Crippen LogP contribution in [0.25, 0.3) is 16.9 Å². The summed E-state index contributed by atoms with van der Waals surface area (Å²) in [6.07, 6.45) is 5.56. The van der Waals surface area contributed by atoms with Crippen LogP contribution in [0.5, 0.6) is 0 Å². The van der Waals surface area contributed by atoms with E-state index in [0.717, 1.165) is 12.2 Å². The maximum atomic E-state index is 13.2. The third-order valence-electron chi connectivity index (χ3n) is 7.28. The van der Waals surface area contributed by atoms with Crippen molar-refractivity contribution in [2.45, 2.75) is 50.9 Å². The van der Waals surface area contributed by atoms with Crippen LogP contribution in [0.1, 0.15) is 43.5 Å². The smallest absolute Gasteiger partial charge is 0.278 e. The summed E-state index contributed by atoms with van der Waals surface area (Å²) in [7, 11) is 2.19. The Balaban J connectivity index is 1.45. The molecule has 0 radical (unpaired) electrons. The monoisotopic (exact) mass is 483 g/mol. The first-order valence-electron chi connectivity index (χ1n) is 12.1. The van der Waals surface area contributed by atoms with E-state index in [2.05, 4.69) is 45.9 Å². The van der Waals surface area contributed by atoms with Gasteiger partial charge in [-0.3, -0.25) is 9.69 Å². The molecule has 0 amide bonds. The lowest BCUT2D eigenvalue weighted by atomic mass is 10.0. The average Bonchev–Trinajstić information content (AvgIpc) is 3.55. The Morgan fingerprint density at radius 2 is 2.03 bits per heavy atom. The number of aromatic nitrogens is 5. The van der Waals surface area contributed by atoms with Crippen LogP contribution in [-0.4, -0.2) is 41.4 Å². The fourth-order valence-electron chi connectivity index (χ4n) is 5.23. The van der Waals surface area contributed by atoms with Crippen LogP contribution in [0.4, 0.5) is 11.6 Å². The first-order valence-corrected chi connectivity index (χ1v) is 12.1. The topological polar surface area (TPSA) is 101 Å². The minimum atomic E-state index is -1.13. The fourth-order valence-corrected chi connectivity index (χ4v) is 5.23. The Labute approximate surface area is 208 Å². The van der Waals surface area contributed by atoms with Gasteiger partial charge in [-0.25, -0.2) is 19.3 Å². The number of anilines is 2. The SMILES string of the molecule is C=CCn1c(=O)c2cnc(Nc3ccc4c(c3)C3(CC3)N(C)C4)nc2n1-c1cccc(C(C)(C)O)n1. The number of hydrogen-bond donors (Lipinski definition) is 2. The molecule has 1 aromatic carbocycles. The van der Waals surface area contributed by atoms with Crippen LogP contribution >= 0.6 is 0 Å². The lowest BCUT2D eigenvalue weighted by Gasteiger charge is -2.19. The molecule has 9 heteroatoms. The van der Waals surface area contributed by atoms with Crippen LogP contribution in [0.3, 0.4) is 0 Å². The number of nitrogens with one attached hydrogen (secondary N) is 1. The van der Waals surface area contributed by atoms with Gasteiger partial charge in [-0.1, -0.05) is 18.2 Å². The molecule has 4 aromatic rings. The number of pyridine rings is 1. The third-order valence-corrected chi connectivity index (χ3v) is 7.28. The molecule has 9 nitrogen and oxygen atoms in total. The van der Waals surface area contributed by atoms with Crippen molar-refractivity contribution in [1.29, 1.82) is 0 Å². The van der Waals surface area contributed by atoms with Gasteiger partial charge >= 0.3 is 0 Å². The van der Waals surface area contributed by atoms with Gasteiger partial charge in [-0.05, 0) is 69.1 Å². The van der Waals surface area contributed by atoms with Crippen molar-refractivity contribution >= 4 is 22.7 Å². The summed E-state index contributed by atoms with van der Waals surface area (Å²) < 4.78 is 3.19. The first-order chi connectivity index (χ1) is 17.2. The highest BCUT2D eigenvalue weighted by Crippen LogP contribution is 2.56. The van der Waals surface area contributed by atoms with E-state index in [4.69, 9.17) is 4.98 Å². The summed E-state index contributed by atoms with van der Waals surface area (Å²) in [5, 5.41) is 14.2. The molecule has 1 fully saturated rings. The van der Waals surface area contributed by atoms with Gasteiger partial charge in [0.05, 0.1) is 12.2 Å². The summed E-state index contributed by atoms with van der Waals surface area (Å²) in [6, 6.07) is 11.8. The molecule has 3 aromatic heterocycles. The van der Waals surface area contributed by atoms with Gasteiger partial charge in [-0.2, -0.15) is 4.98 Å². The fraction of sp³-hybridized carbons (Fsp3) is 0.333. The van der Waals surface area contributed by atoms with Gasteiger partial charge in [0.15, 0.2) is 11.5 Å². The number of fused-ring (bicyclic) bond motifs is 3. The molecule has 0 atom stereocenters. The van der Waals surface area contributed by atoms with Gasteiger partial charge in [0.1, 0.15) is 11.0 Å². The summed E-state index contributed by atoms with van der Waals surface area (Å²) in [4.78, 5) is 29.5. The molecule has 2 aliphatic rings. The van der Waals surface area contributed by atoms with E-state index >= 15 is 0 Å². The molecule has 1 spiro atoms. The molecular formula is C27H29N7O2. The highest BCUT2D eigenvalue weighted by atomic mass is 16.3. The molecule has 1 saturated carbocycles. The standard InChI is InChI=1S/C27H29N7O2/c1-5-13-33-24(35)19-15-28-25(29-18-10-9-17-16-32(4)27(11-12-27)20(17)14-18)31-23(19)34(33)22-8-6-7-21(30-22)26(2,3)36/h5-10,14-15,36H,1,11-13,16H2,2-4H3,(H,28,29,31). The predicted octanol–water partition coefficient (Wildman–Crippen LogP) is 3.57. The molecule has 0 unspecified atom stereocenters. The summed E-state index contributed by atoms with van der Waals surface area (Å²) in [5.41, 5.74) is 3.38. The molecule has 1 aliphatic heterocycles. The van der Waals surface area contributed by atoms with Crippen LogP contribution in [-0.2, 0) is 24.2 Å². The van der Waals surface area contributed by atoms with E-state index in [1.165, 1.54) is 28.7 Å². The second-order valence-electron chi connectivity index (χ2n) is 10.2. The molecule has 1 aliphatic carbocycles. The molecule has 0 bridgehead atoms. The van der Waals surface area contributed by atoms with Crippen LogP contribution in [0.2, 0.25) is 0 Å². The van der Waals surface area contributed by atoms with Crippen LogP contribution in [0.15, 0.2) is 60.0 Å². The third kappa shape index (κ3) is 3.46. The second-order valence-corrected chi connectivity index (χ2v) is 10.2. The van der Waals surface area contributed by atoms with Gasteiger partial charge in [-0.15, -0.1) is 6.58 Å². The molecule has 6 rings (SSSR count). The zero-order valence-electron chi connectivity index (χ0n) is 20.7. The largest absolute Gasteiger partial charge is 0.384 e. The molecular weight excluding hydrogens is 454 g/mol. The quantitative estimate of drug-likeness (QED) is 0.404. The van der Waals surface area contributed by atoms with Crippen molar-refractivity contribution in [3.8, 4) is 5.82 Å². The van der Waals surface area contributed by atoms with Crippen molar-refractivity contribution in [3.63, 3.8) is 0 Å². The summed E-state index contributed by atoms with van der Waals surface area (Å²) in [6.45, 7) is 8.39. The van der Waals surface area contributed by atoms with Crippen molar-refractivity contribution in [3.05, 3.63) is 82.4 Å². The zero-order chi connectivity index (χ0) is 25.2. The number of aliphatic hydroxyl groups is 1. The summed E-state index contributed by atoms with van der Waals surface area (Å²) in [5.74, 6) is 0.867. The van der Waals surface area contributed by atoms with E-state index in [-0.39, 0.29) is 17.6 Å². The molecule has 36 heavy (non-hydrogen) atoms. The minimum Gasteiger partial charge on any atom is -0.384 e. The van der Waals surface area contributed by atoms with E-state index in [0.29, 0.717) is 28.5 Å². The van der Waals surface area contributed by atoms with E-state index in [9.17, 15) is 9.90 Å². The molecule has 184 valence electrons. The summed E-state index contributed by atoms with van der Waals surface area (Å²) >= 11 is 0. The van der Waals surface area contributed by atoms with Gasteiger partial charge < -0.3 is 10.4 Å². The van der Waals surface area contributed by atoms with Crippen molar-refractivity contribution in [2.24, 2.45) is 0 Å². The van der Waals surface area contributed by atoms with Gasteiger partial charge in [0.2, 0.25) is 5.95 Å². The first kappa shape index (κ1) is 22.6. The Hall–Kier alpha value is -3.82. The number of allylic oxidation sites excluding steroid dienone is 1. The molecule has 4 heterocycles. The van der Waals surface area contributed by atoms with Crippen LogP contribution in [0, 0.1) is 0 Å². The number of benzene rings is 1. The maximum Gasteiger partial charge on any atom is 0.278 e. The Bertz CT molecular complexity index is 1570. The second kappa shape index (κ2) is 7.84. The zero-order valence-corrected chi connectivity index (χ0v) is 20.7. The Morgan fingerprint density at radius 1 is 1.22 bits per heavy atom. The Morgan fingerprint density at radius 3 is 2.75 bits per heavy atom. The highest BCUT2D eigenvalue weighted by Gasteiger charge is 2.52. The molecule has 2 N–H and O–H groups in total. The predicted molar refractivity (Wildman–Crippen MR) is 138 cm³/mol. The number of rotatable bonds is 6. The van der Waals surface area contributed by atoms with Gasteiger partial charge in [0, 0.05) is 24.0 Å². The Kier molecular flexibility index (Phi) is 4.93. The lowest BCUT2D eigenvalue weighted by Crippen LogP contribution is -2.23. The van der Waals surface area contributed by atoms with E-state index in [1.807, 2.05) is 6.07 Å². The molecule has 0 saturated heterocycles. The normalized spacial score (nSPS) is 16.4. The number of hydrogen-bond acceptors (Lipinski definition) is 7. The number of nitrogens with zero attached hydrogens (tertiary/aromatic N) is 6. The highest BCUT2D eigenvalue weighted by molar-refractivity contribution is 5.77. The van der Waals surface area contributed by atoms with Crippen molar-refractivity contribution in [2.75, 3.05) is 12.4 Å². The van der Waals surface area contributed by atoms with Gasteiger partial charge in [0.25, 0.3) is 5.56 Å². The minimum absolute atomic E-state index is 0.178. The van der Waals surface area contributed by atoms with E-state index in [1.54, 1.807) is 49.0 Å². The lowest BCUT2D eigenvalue weighted by molar-refractivity contribution is 0.0738. The van der Waals surface area contributed by atoms with Crippen LogP contribution < -0.4 is 10.9 Å². The van der Waals surface area contributed by atoms with Crippen molar-refractivity contribution in [1.82, 2.24) is 29.2 Å². The maximum absolute atomic E-state index is 13.2.